The fraction of sp³-hybridized carbons (Fsp3) is 0.222. The number of anilines is 1. The summed E-state index contributed by atoms with van der Waals surface area (Å²) in [5.41, 5.74) is 4.24. The maximum absolute atomic E-state index is 12.9. The molecule has 0 bridgehead atoms. The summed E-state index contributed by atoms with van der Waals surface area (Å²) >= 11 is 5.99. The number of carbonyl (C=O) groups excluding carboxylic acids is 2. The molecule has 0 spiro atoms. The van der Waals surface area contributed by atoms with Crippen LogP contribution in [-0.2, 0) is 9.53 Å². The minimum absolute atomic E-state index is 0.000826. The molecule has 3 aromatic rings. The molecule has 3 N–H and O–H groups in total. The topological polar surface area (TPSA) is 105 Å². The highest BCUT2D eigenvalue weighted by Crippen LogP contribution is 2.44. The molecule has 1 atom stereocenters. The minimum Gasteiger partial charge on any atom is -0.478 e. The molecule has 0 saturated heterocycles. The lowest BCUT2D eigenvalue weighted by Gasteiger charge is -2.23. The molecule has 2 amide bonds. The van der Waals surface area contributed by atoms with Crippen LogP contribution in [0.15, 0.2) is 66.7 Å². The SMILES string of the molecule is CC(C)C(NC(=O)OCC1c2ccccc2-c2ccccc21)C(=O)Nc1cccc(Cl)c1C(=O)O. The number of rotatable bonds is 7. The third-order valence-corrected chi connectivity index (χ3v) is 6.37. The van der Waals surface area contributed by atoms with E-state index < -0.39 is 24.0 Å². The zero-order chi connectivity index (χ0) is 25.1. The van der Waals surface area contributed by atoms with Gasteiger partial charge in [-0.2, -0.15) is 0 Å². The first-order valence-electron chi connectivity index (χ1n) is 11.2. The summed E-state index contributed by atoms with van der Waals surface area (Å²) in [5, 5.41) is 14.6. The highest BCUT2D eigenvalue weighted by Gasteiger charge is 2.31. The number of alkyl carbamates (subject to hydrolysis) is 1. The van der Waals surface area contributed by atoms with E-state index in [9.17, 15) is 19.5 Å². The third kappa shape index (κ3) is 5.00. The Morgan fingerprint density at radius 1 is 0.943 bits per heavy atom. The number of hydrogen-bond acceptors (Lipinski definition) is 4. The Morgan fingerprint density at radius 3 is 2.11 bits per heavy atom. The summed E-state index contributed by atoms with van der Waals surface area (Å²) in [6, 6.07) is 19.5. The fourth-order valence-corrected chi connectivity index (χ4v) is 4.61. The van der Waals surface area contributed by atoms with E-state index in [0.29, 0.717) is 0 Å². The molecule has 0 aliphatic heterocycles. The Balaban J connectivity index is 1.45. The molecule has 180 valence electrons. The van der Waals surface area contributed by atoms with Gasteiger partial charge in [0, 0.05) is 5.92 Å². The zero-order valence-electron chi connectivity index (χ0n) is 19.2. The second-order valence-electron chi connectivity index (χ2n) is 8.65. The van der Waals surface area contributed by atoms with Gasteiger partial charge in [0.25, 0.3) is 0 Å². The molecular formula is C27H25ClN2O5. The first kappa shape index (κ1) is 24.3. The maximum Gasteiger partial charge on any atom is 0.407 e. The Bertz CT molecular complexity index is 1240. The molecule has 0 fully saturated rings. The molecule has 0 radical (unpaired) electrons. The quantitative estimate of drug-likeness (QED) is 0.401. The van der Waals surface area contributed by atoms with Crippen LogP contribution in [0.2, 0.25) is 5.02 Å². The Hall–Kier alpha value is -3.84. The Kier molecular flexibility index (Phi) is 7.07. The number of fused-ring (bicyclic) bond motifs is 3. The van der Waals surface area contributed by atoms with Gasteiger partial charge in [-0.3, -0.25) is 4.79 Å². The van der Waals surface area contributed by atoms with Gasteiger partial charge >= 0.3 is 12.1 Å². The lowest BCUT2D eigenvalue weighted by molar-refractivity contribution is -0.119. The molecule has 1 aliphatic rings. The summed E-state index contributed by atoms with van der Waals surface area (Å²) in [4.78, 5) is 37.2. The Labute approximate surface area is 208 Å². The summed E-state index contributed by atoms with van der Waals surface area (Å²) < 4.78 is 5.56. The minimum atomic E-state index is -1.27. The maximum atomic E-state index is 12.9. The van der Waals surface area contributed by atoms with Gasteiger partial charge in [-0.25, -0.2) is 9.59 Å². The van der Waals surface area contributed by atoms with E-state index in [1.165, 1.54) is 18.2 Å². The highest BCUT2D eigenvalue weighted by atomic mass is 35.5. The van der Waals surface area contributed by atoms with Crippen molar-refractivity contribution in [2.45, 2.75) is 25.8 Å². The molecule has 0 heterocycles. The molecule has 3 aromatic carbocycles. The summed E-state index contributed by atoms with van der Waals surface area (Å²) in [5.74, 6) is -2.23. The largest absolute Gasteiger partial charge is 0.478 e. The van der Waals surface area contributed by atoms with Crippen LogP contribution in [-0.4, -0.2) is 35.7 Å². The number of carbonyl (C=O) groups is 3. The van der Waals surface area contributed by atoms with Crippen molar-refractivity contribution in [2.75, 3.05) is 11.9 Å². The van der Waals surface area contributed by atoms with E-state index in [1.54, 1.807) is 13.8 Å². The molecule has 1 unspecified atom stereocenters. The van der Waals surface area contributed by atoms with Crippen LogP contribution >= 0.6 is 11.6 Å². The van der Waals surface area contributed by atoms with Crippen molar-refractivity contribution in [2.24, 2.45) is 5.92 Å². The highest BCUT2D eigenvalue weighted by molar-refractivity contribution is 6.34. The number of carboxylic acids is 1. The van der Waals surface area contributed by atoms with Crippen LogP contribution < -0.4 is 10.6 Å². The van der Waals surface area contributed by atoms with Gasteiger partial charge in [0.2, 0.25) is 5.91 Å². The smallest absolute Gasteiger partial charge is 0.407 e. The monoisotopic (exact) mass is 492 g/mol. The molecule has 0 saturated carbocycles. The average molecular weight is 493 g/mol. The second kappa shape index (κ2) is 10.2. The molecular weight excluding hydrogens is 468 g/mol. The number of aromatic carboxylic acids is 1. The predicted octanol–water partition coefficient (Wildman–Crippen LogP) is 5.54. The van der Waals surface area contributed by atoms with Crippen molar-refractivity contribution >= 4 is 35.3 Å². The fourth-order valence-electron chi connectivity index (χ4n) is 4.36. The predicted molar refractivity (Wildman–Crippen MR) is 134 cm³/mol. The van der Waals surface area contributed by atoms with Crippen LogP contribution in [0, 0.1) is 5.92 Å². The molecule has 7 nitrogen and oxygen atoms in total. The van der Waals surface area contributed by atoms with E-state index in [2.05, 4.69) is 22.8 Å². The number of hydrogen-bond donors (Lipinski definition) is 3. The summed E-state index contributed by atoms with van der Waals surface area (Å²) in [6.45, 7) is 3.65. The number of nitrogens with one attached hydrogen (secondary N) is 2. The van der Waals surface area contributed by atoms with Crippen LogP contribution in [0.25, 0.3) is 11.1 Å². The van der Waals surface area contributed by atoms with Crippen molar-refractivity contribution in [1.82, 2.24) is 5.32 Å². The summed E-state index contributed by atoms with van der Waals surface area (Å²) in [7, 11) is 0. The van der Waals surface area contributed by atoms with Crippen molar-refractivity contribution in [3.8, 4) is 11.1 Å². The molecule has 4 rings (SSSR count). The number of carboxylic acid groups (broad SMARTS) is 1. The van der Waals surface area contributed by atoms with E-state index in [-0.39, 0.29) is 34.7 Å². The second-order valence-corrected chi connectivity index (χ2v) is 9.06. The van der Waals surface area contributed by atoms with Crippen LogP contribution in [0.1, 0.15) is 41.3 Å². The first-order chi connectivity index (χ1) is 16.8. The Morgan fingerprint density at radius 2 is 1.54 bits per heavy atom. The van der Waals surface area contributed by atoms with Crippen molar-refractivity contribution in [3.63, 3.8) is 0 Å². The van der Waals surface area contributed by atoms with Gasteiger partial charge in [0.15, 0.2) is 0 Å². The molecule has 8 heteroatoms. The van der Waals surface area contributed by atoms with Crippen molar-refractivity contribution in [3.05, 3.63) is 88.4 Å². The van der Waals surface area contributed by atoms with Crippen molar-refractivity contribution in [1.29, 1.82) is 0 Å². The molecule has 35 heavy (non-hydrogen) atoms. The van der Waals surface area contributed by atoms with E-state index in [1.807, 2.05) is 36.4 Å². The number of amides is 2. The van der Waals surface area contributed by atoms with Crippen molar-refractivity contribution < 1.29 is 24.2 Å². The van der Waals surface area contributed by atoms with E-state index in [4.69, 9.17) is 16.3 Å². The normalized spacial score (nSPS) is 13.0. The third-order valence-electron chi connectivity index (χ3n) is 6.05. The number of benzene rings is 3. The first-order valence-corrected chi connectivity index (χ1v) is 11.6. The lowest BCUT2D eigenvalue weighted by atomic mass is 9.98. The van der Waals surface area contributed by atoms with Gasteiger partial charge in [0.1, 0.15) is 18.2 Å². The van der Waals surface area contributed by atoms with E-state index in [0.717, 1.165) is 22.3 Å². The molecule has 0 aromatic heterocycles. The van der Waals surface area contributed by atoms with Crippen LogP contribution in [0.5, 0.6) is 0 Å². The average Bonchev–Trinajstić information content (AvgIpc) is 3.14. The van der Waals surface area contributed by atoms with Gasteiger partial charge in [-0.15, -0.1) is 0 Å². The van der Waals surface area contributed by atoms with Gasteiger partial charge in [-0.1, -0.05) is 80.0 Å². The molecule has 1 aliphatic carbocycles. The van der Waals surface area contributed by atoms with Gasteiger partial charge < -0.3 is 20.5 Å². The number of halogens is 1. The zero-order valence-corrected chi connectivity index (χ0v) is 20.0. The summed E-state index contributed by atoms with van der Waals surface area (Å²) in [6.07, 6.45) is -0.731. The lowest BCUT2D eigenvalue weighted by Crippen LogP contribution is -2.47. The van der Waals surface area contributed by atoms with Crippen LogP contribution in [0.4, 0.5) is 10.5 Å². The van der Waals surface area contributed by atoms with Crippen LogP contribution in [0.3, 0.4) is 0 Å². The number of ether oxygens (including phenoxy) is 1. The van der Waals surface area contributed by atoms with E-state index >= 15 is 0 Å². The van der Waals surface area contributed by atoms with Gasteiger partial charge in [0.05, 0.1) is 10.7 Å². The standard InChI is InChI=1S/C27H25ClN2O5/c1-15(2)24(25(31)29-22-13-7-12-21(28)23(22)26(32)33)30-27(34)35-14-20-18-10-5-3-8-16(18)17-9-4-6-11-19(17)20/h3-13,15,20,24H,14H2,1-2H3,(H,29,31)(H,30,34)(H,32,33). The van der Waals surface area contributed by atoms with Gasteiger partial charge in [-0.05, 0) is 40.3 Å².